The molecule has 0 fully saturated rings. The lowest BCUT2D eigenvalue weighted by molar-refractivity contribution is 0.102. The van der Waals surface area contributed by atoms with Crippen LogP contribution in [-0.4, -0.2) is 11.5 Å². The van der Waals surface area contributed by atoms with Crippen molar-refractivity contribution in [3.05, 3.63) is 50.1 Å². The van der Waals surface area contributed by atoms with Gasteiger partial charge in [0.25, 0.3) is 0 Å². The van der Waals surface area contributed by atoms with E-state index in [0.717, 1.165) is 14.6 Å². The lowest BCUT2D eigenvalue weighted by Gasteiger charge is -2.03. The number of Topliss-reactive ketones (excluding diaryl/α,β-unsaturated/α-hetero) is 1. The Morgan fingerprint density at radius 3 is 2.72 bits per heavy atom. The van der Waals surface area contributed by atoms with E-state index in [4.69, 9.17) is 23.2 Å². The first-order valence-electron chi connectivity index (χ1n) is 5.24. The molecule has 0 aliphatic carbocycles. The molecular formula is C13H10Cl2OS2. The van der Waals surface area contributed by atoms with Gasteiger partial charge in [-0.1, -0.05) is 23.2 Å². The van der Waals surface area contributed by atoms with E-state index in [2.05, 4.69) is 0 Å². The summed E-state index contributed by atoms with van der Waals surface area (Å²) in [7, 11) is 0. The molecule has 0 unspecified atom stereocenters. The molecule has 2 aromatic rings. The Balaban J connectivity index is 2.03. The lowest BCUT2D eigenvalue weighted by Crippen LogP contribution is -1.99. The molecule has 0 N–H and O–H groups in total. The molecule has 0 atom stereocenters. The molecule has 0 radical (unpaired) electrons. The highest BCUT2D eigenvalue weighted by molar-refractivity contribution is 8.00. The first-order valence-corrected chi connectivity index (χ1v) is 7.79. The zero-order chi connectivity index (χ0) is 13.1. The van der Waals surface area contributed by atoms with Crippen molar-refractivity contribution >= 4 is 52.1 Å². The molecule has 0 saturated heterocycles. The van der Waals surface area contributed by atoms with E-state index in [1.807, 2.05) is 19.1 Å². The fourth-order valence-corrected chi connectivity index (χ4v) is 3.66. The second kappa shape index (κ2) is 6.11. The largest absolute Gasteiger partial charge is 0.292 e. The summed E-state index contributed by atoms with van der Waals surface area (Å²) in [6, 6.07) is 9.07. The minimum absolute atomic E-state index is 0.120. The van der Waals surface area contributed by atoms with Crippen molar-refractivity contribution in [3.8, 4) is 0 Å². The van der Waals surface area contributed by atoms with Gasteiger partial charge in [-0.15, -0.1) is 23.1 Å². The number of hydrogen-bond acceptors (Lipinski definition) is 3. The first kappa shape index (κ1) is 13.9. The molecule has 0 bridgehead atoms. The van der Waals surface area contributed by atoms with Gasteiger partial charge in [0.2, 0.25) is 0 Å². The van der Waals surface area contributed by atoms with Crippen LogP contribution in [0, 0.1) is 6.92 Å². The molecule has 2 rings (SSSR count). The standard InChI is InChI=1S/C13H10Cl2OS2/c1-8-2-5-12(18-8)11(16)7-17-13-6-9(14)3-4-10(13)15/h2-6H,7H2,1H3. The summed E-state index contributed by atoms with van der Waals surface area (Å²) in [6.07, 6.45) is 0. The van der Waals surface area contributed by atoms with E-state index < -0.39 is 0 Å². The van der Waals surface area contributed by atoms with Gasteiger partial charge < -0.3 is 0 Å². The van der Waals surface area contributed by atoms with Gasteiger partial charge >= 0.3 is 0 Å². The van der Waals surface area contributed by atoms with Crippen LogP contribution in [0.5, 0.6) is 0 Å². The van der Waals surface area contributed by atoms with Crippen LogP contribution in [0.4, 0.5) is 0 Å². The van der Waals surface area contributed by atoms with Gasteiger partial charge in [0.1, 0.15) is 0 Å². The number of hydrogen-bond donors (Lipinski definition) is 0. The topological polar surface area (TPSA) is 17.1 Å². The molecule has 1 aromatic carbocycles. The van der Waals surface area contributed by atoms with Gasteiger partial charge in [0.15, 0.2) is 5.78 Å². The maximum atomic E-state index is 11.9. The minimum Gasteiger partial charge on any atom is -0.292 e. The smallest absolute Gasteiger partial charge is 0.182 e. The van der Waals surface area contributed by atoms with Gasteiger partial charge in [0, 0.05) is 14.8 Å². The van der Waals surface area contributed by atoms with Crippen LogP contribution < -0.4 is 0 Å². The summed E-state index contributed by atoms with van der Waals surface area (Å²) in [5.74, 6) is 0.495. The SMILES string of the molecule is Cc1ccc(C(=O)CSc2cc(Cl)ccc2Cl)s1. The van der Waals surface area contributed by atoms with Crippen LogP contribution in [0.15, 0.2) is 35.2 Å². The van der Waals surface area contributed by atoms with E-state index in [1.54, 1.807) is 18.2 Å². The van der Waals surface area contributed by atoms with Crippen molar-refractivity contribution in [3.63, 3.8) is 0 Å². The minimum atomic E-state index is 0.120. The van der Waals surface area contributed by atoms with Crippen molar-refractivity contribution in [2.75, 3.05) is 5.75 Å². The van der Waals surface area contributed by atoms with E-state index >= 15 is 0 Å². The molecule has 0 aliphatic heterocycles. The summed E-state index contributed by atoms with van der Waals surface area (Å²) in [5, 5.41) is 1.25. The van der Waals surface area contributed by atoms with Gasteiger partial charge in [-0.05, 0) is 37.3 Å². The molecule has 0 aliphatic rings. The Bertz CT molecular complexity index is 578. The highest BCUT2D eigenvalue weighted by atomic mass is 35.5. The third-order valence-corrected chi connectivity index (χ3v) is 5.04. The van der Waals surface area contributed by atoms with Crippen molar-refractivity contribution in [1.82, 2.24) is 0 Å². The number of thioether (sulfide) groups is 1. The number of thiophene rings is 1. The lowest BCUT2D eigenvalue weighted by atomic mass is 10.3. The molecule has 0 saturated carbocycles. The number of carbonyl (C=O) groups is 1. The van der Waals surface area contributed by atoms with E-state index in [1.165, 1.54) is 23.1 Å². The highest BCUT2D eigenvalue weighted by Crippen LogP contribution is 2.30. The Morgan fingerprint density at radius 1 is 1.28 bits per heavy atom. The summed E-state index contributed by atoms with van der Waals surface area (Å²) in [6.45, 7) is 1.99. The molecule has 1 heterocycles. The van der Waals surface area contributed by atoms with Crippen LogP contribution >= 0.6 is 46.3 Å². The predicted molar refractivity (Wildman–Crippen MR) is 80.6 cm³/mol. The Labute approximate surface area is 124 Å². The summed E-state index contributed by atoms with van der Waals surface area (Å²) >= 11 is 14.9. The molecule has 94 valence electrons. The molecule has 5 heteroatoms. The second-order valence-electron chi connectivity index (χ2n) is 3.70. The van der Waals surface area contributed by atoms with E-state index in [9.17, 15) is 4.79 Å². The van der Waals surface area contributed by atoms with E-state index in [-0.39, 0.29) is 5.78 Å². The average Bonchev–Trinajstić information content (AvgIpc) is 2.77. The maximum Gasteiger partial charge on any atom is 0.182 e. The van der Waals surface area contributed by atoms with Gasteiger partial charge in [-0.25, -0.2) is 0 Å². The Kier molecular flexibility index (Phi) is 4.73. The van der Waals surface area contributed by atoms with Gasteiger partial charge in [-0.3, -0.25) is 4.79 Å². The zero-order valence-corrected chi connectivity index (χ0v) is 12.7. The summed E-state index contributed by atoms with van der Waals surface area (Å²) in [5.41, 5.74) is 0. The molecule has 0 amide bonds. The van der Waals surface area contributed by atoms with Crippen molar-refractivity contribution in [2.45, 2.75) is 11.8 Å². The van der Waals surface area contributed by atoms with E-state index in [0.29, 0.717) is 15.8 Å². The Hall–Kier alpha value is -0.480. The van der Waals surface area contributed by atoms with Crippen molar-refractivity contribution in [1.29, 1.82) is 0 Å². The number of halogens is 2. The fourth-order valence-electron chi connectivity index (χ4n) is 1.39. The molecule has 1 aromatic heterocycles. The third kappa shape index (κ3) is 3.51. The zero-order valence-electron chi connectivity index (χ0n) is 9.57. The Morgan fingerprint density at radius 2 is 2.06 bits per heavy atom. The highest BCUT2D eigenvalue weighted by Gasteiger charge is 2.10. The van der Waals surface area contributed by atoms with Crippen LogP contribution in [-0.2, 0) is 0 Å². The number of rotatable bonds is 4. The first-order chi connectivity index (χ1) is 8.56. The number of ketones is 1. The fraction of sp³-hybridized carbons (Fsp3) is 0.154. The maximum absolute atomic E-state index is 11.9. The molecule has 0 spiro atoms. The third-order valence-electron chi connectivity index (χ3n) is 2.27. The summed E-state index contributed by atoms with van der Waals surface area (Å²) in [4.78, 5) is 14.7. The average molecular weight is 317 g/mol. The number of aryl methyl sites for hydroxylation is 1. The molecule has 1 nitrogen and oxygen atoms in total. The predicted octanol–water partition coefficient (Wildman–Crippen LogP) is 5.34. The van der Waals surface area contributed by atoms with Crippen molar-refractivity contribution in [2.24, 2.45) is 0 Å². The van der Waals surface area contributed by atoms with Crippen LogP contribution in [0.25, 0.3) is 0 Å². The number of carbonyl (C=O) groups excluding carboxylic acids is 1. The second-order valence-corrected chi connectivity index (χ2v) is 6.85. The summed E-state index contributed by atoms with van der Waals surface area (Å²) < 4.78 is 0. The van der Waals surface area contributed by atoms with Gasteiger partial charge in [0.05, 0.1) is 15.7 Å². The normalized spacial score (nSPS) is 10.6. The number of benzene rings is 1. The van der Waals surface area contributed by atoms with Crippen LogP contribution in [0.2, 0.25) is 10.0 Å². The quantitative estimate of drug-likeness (QED) is 0.559. The van der Waals surface area contributed by atoms with Crippen molar-refractivity contribution < 1.29 is 4.79 Å². The molecular weight excluding hydrogens is 307 g/mol. The van der Waals surface area contributed by atoms with Crippen LogP contribution in [0.1, 0.15) is 14.5 Å². The van der Waals surface area contributed by atoms with Crippen LogP contribution in [0.3, 0.4) is 0 Å². The molecule has 18 heavy (non-hydrogen) atoms. The van der Waals surface area contributed by atoms with Gasteiger partial charge in [-0.2, -0.15) is 0 Å². The monoisotopic (exact) mass is 316 g/mol.